The molecular weight excluding hydrogens is 224 g/mol. The largest absolute Gasteiger partial charge is 0.478 e. The first-order valence-electron chi connectivity index (χ1n) is 5.19. The molecule has 0 unspecified atom stereocenters. The Labute approximate surface area is 97.1 Å². The molecule has 7 nitrogen and oxygen atoms in total. The Morgan fingerprint density at radius 2 is 2.35 bits per heavy atom. The van der Waals surface area contributed by atoms with Crippen LogP contribution in [0.15, 0.2) is 10.7 Å². The number of aryl methyl sites for hydroxylation is 2. The van der Waals surface area contributed by atoms with Gasteiger partial charge in [0, 0.05) is 12.6 Å². The van der Waals surface area contributed by atoms with Crippen molar-refractivity contribution in [2.45, 2.75) is 26.8 Å². The van der Waals surface area contributed by atoms with Gasteiger partial charge in [-0.1, -0.05) is 12.1 Å². The van der Waals surface area contributed by atoms with Crippen LogP contribution in [0.4, 0.5) is 0 Å². The maximum Gasteiger partial charge on any atom is 0.339 e. The topological polar surface area (TPSA) is 94.0 Å². The zero-order valence-corrected chi connectivity index (χ0v) is 9.54. The van der Waals surface area contributed by atoms with Crippen LogP contribution in [-0.2, 0) is 13.0 Å². The summed E-state index contributed by atoms with van der Waals surface area (Å²) in [6, 6.07) is 0. The Bertz CT molecular complexity index is 543. The van der Waals surface area contributed by atoms with Crippen molar-refractivity contribution in [3.05, 3.63) is 29.2 Å². The van der Waals surface area contributed by atoms with Crippen molar-refractivity contribution in [1.29, 1.82) is 0 Å². The molecule has 0 bridgehead atoms. The summed E-state index contributed by atoms with van der Waals surface area (Å²) in [5.74, 6) is 0.0553. The molecule has 17 heavy (non-hydrogen) atoms. The normalized spacial score (nSPS) is 10.7. The van der Waals surface area contributed by atoms with E-state index < -0.39 is 5.97 Å². The summed E-state index contributed by atoms with van der Waals surface area (Å²) in [5, 5.41) is 16.7. The number of aromatic nitrogens is 4. The van der Waals surface area contributed by atoms with Gasteiger partial charge in [-0.2, -0.15) is 10.1 Å². The Kier molecular flexibility index (Phi) is 2.90. The van der Waals surface area contributed by atoms with E-state index in [1.807, 2.05) is 6.92 Å². The van der Waals surface area contributed by atoms with Gasteiger partial charge in [-0.15, -0.1) is 0 Å². The van der Waals surface area contributed by atoms with Crippen LogP contribution in [0.3, 0.4) is 0 Å². The fraction of sp³-hybridized carbons (Fsp3) is 0.400. The Balaban J connectivity index is 2.18. The maximum absolute atomic E-state index is 10.8. The lowest BCUT2D eigenvalue weighted by atomic mass is 10.3. The first-order valence-corrected chi connectivity index (χ1v) is 5.19. The highest BCUT2D eigenvalue weighted by Gasteiger charge is 2.13. The van der Waals surface area contributed by atoms with Gasteiger partial charge in [0.15, 0.2) is 5.82 Å². The maximum atomic E-state index is 10.8. The summed E-state index contributed by atoms with van der Waals surface area (Å²) in [6.07, 6.45) is 2.13. The van der Waals surface area contributed by atoms with Crippen LogP contribution in [-0.4, -0.2) is 31.0 Å². The molecular formula is C10H12N4O3. The van der Waals surface area contributed by atoms with Gasteiger partial charge in [0.1, 0.15) is 12.1 Å². The van der Waals surface area contributed by atoms with Crippen molar-refractivity contribution >= 4 is 5.97 Å². The minimum Gasteiger partial charge on any atom is -0.478 e. The Morgan fingerprint density at radius 3 is 2.88 bits per heavy atom. The number of aromatic carboxylic acids is 1. The van der Waals surface area contributed by atoms with E-state index in [4.69, 9.17) is 9.63 Å². The van der Waals surface area contributed by atoms with Gasteiger partial charge in [0.25, 0.3) is 0 Å². The zero-order chi connectivity index (χ0) is 12.4. The van der Waals surface area contributed by atoms with Crippen LogP contribution in [0.2, 0.25) is 0 Å². The quantitative estimate of drug-likeness (QED) is 0.846. The van der Waals surface area contributed by atoms with E-state index in [2.05, 4.69) is 15.2 Å². The first-order chi connectivity index (χ1) is 8.10. The molecule has 7 heteroatoms. The van der Waals surface area contributed by atoms with E-state index in [-0.39, 0.29) is 5.56 Å². The van der Waals surface area contributed by atoms with Crippen molar-refractivity contribution < 1.29 is 14.4 Å². The minimum atomic E-state index is -0.990. The highest BCUT2D eigenvalue weighted by molar-refractivity contribution is 5.88. The lowest BCUT2D eigenvalue weighted by Crippen LogP contribution is -2.02. The molecule has 2 rings (SSSR count). The molecule has 90 valence electrons. The lowest BCUT2D eigenvalue weighted by Gasteiger charge is -1.93. The second kappa shape index (κ2) is 4.36. The number of hydrogen-bond acceptors (Lipinski definition) is 5. The standard InChI is InChI=1S/C10H12N4O3/c1-3-9-11-8(13-17-9)5-14-4-7(10(15)16)6(2)12-14/h4H,3,5H2,1-2H3,(H,15,16). The molecule has 2 heterocycles. The molecule has 0 aliphatic heterocycles. The molecule has 0 atom stereocenters. The summed E-state index contributed by atoms with van der Waals surface area (Å²) in [6.45, 7) is 3.86. The van der Waals surface area contributed by atoms with Crippen molar-refractivity contribution in [3.8, 4) is 0 Å². The Hall–Kier alpha value is -2.18. The molecule has 0 spiro atoms. The van der Waals surface area contributed by atoms with E-state index in [0.717, 1.165) is 0 Å². The molecule has 1 N–H and O–H groups in total. The van der Waals surface area contributed by atoms with Gasteiger partial charge in [-0.05, 0) is 6.92 Å². The highest BCUT2D eigenvalue weighted by Crippen LogP contribution is 2.07. The number of carboxylic acid groups (broad SMARTS) is 1. The highest BCUT2D eigenvalue weighted by atomic mass is 16.5. The molecule has 2 aromatic heterocycles. The fourth-order valence-corrected chi connectivity index (χ4v) is 1.45. The minimum absolute atomic E-state index is 0.184. The van der Waals surface area contributed by atoms with Crippen LogP contribution in [0, 0.1) is 6.92 Å². The third-order valence-electron chi connectivity index (χ3n) is 2.29. The zero-order valence-electron chi connectivity index (χ0n) is 9.54. The molecule has 0 amide bonds. The number of carboxylic acids is 1. The third kappa shape index (κ3) is 2.32. The van der Waals surface area contributed by atoms with E-state index in [1.165, 1.54) is 10.9 Å². The van der Waals surface area contributed by atoms with E-state index in [1.54, 1.807) is 6.92 Å². The molecule has 0 aliphatic carbocycles. The first kappa shape index (κ1) is 11.3. The molecule has 0 saturated carbocycles. The van der Waals surface area contributed by atoms with Gasteiger partial charge >= 0.3 is 5.97 Å². The van der Waals surface area contributed by atoms with Crippen LogP contribution in [0.5, 0.6) is 0 Å². The molecule has 0 saturated heterocycles. The Morgan fingerprint density at radius 1 is 1.59 bits per heavy atom. The molecule has 2 aromatic rings. The summed E-state index contributed by atoms with van der Waals surface area (Å²) < 4.78 is 6.44. The summed E-state index contributed by atoms with van der Waals surface area (Å²) in [4.78, 5) is 15.0. The number of hydrogen-bond donors (Lipinski definition) is 1. The van der Waals surface area contributed by atoms with Crippen LogP contribution >= 0.6 is 0 Å². The second-order valence-corrected chi connectivity index (χ2v) is 3.59. The van der Waals surface area contributed by atoms with E-state index in [0.29, 0.717) is 30.4 Å². The summed E-state index contributed by atoms with van der Waals surface area (Å²) in [7, 11) is 0. The molecule has 0 aliphatic rings. The second-order valence-electron chi connectivity index (χ2n) is 3.59. The van der Waals surface area contributed by atoms with Crippen molar-refractivity contribution in [1.82, 2.24) is 19.9 Å². The third-order valence-corrected chi connectivity index (χ3v) is 2.29. The number of carbonyl (C=O) groups is 1. The molecule has 0 aromatic carbocycles. The predicted molar refractivity (Wildman–Crippen MR) is 56.7 cm³/mol. The molecule has 0 radical (unpaired) electrons. The smallest absolute Gasteiger partial charge is 0.339 e. The van der Waals surface area contributed by atoms with Gasteiger partial charge in [0.2, 0.25) is 5.89 Å². The monoisotopic (exact) mass is 236 g/mol. The van der Waals surface area contributed by atoms with Crippen LogP contribution in [0.25, 0.3) is 0 Å². The summed E-state index contributed by atoms with van der Waals surface area (Å²) >= 11 is 0. The number of rotatable bonds is 4. The number of nitrogens with zero attached hydrogens (tertiary/aromatic N) is 4. The molecule has 0 fully saturated rings. The average molecular weight is 236 g/mol. The van der Waals surface area contributed by atoms with E-state index in [9.17, 15) is 4.79 Å². The van der Waals surface area contributed by atoms with Gasteiger partial charge in [-0.3, -0.25) is 4.68 Å². The predicted octanol–water partition coefficient (Wildman–Crippen LogP) is 0.883. The van der Waals surface area contributed by atoms with Crippen molar-refractivity contribution in [3.63, 3.8) is 0 Å². The fourth-order valence-electron chi connectivity index (χ4n) is 1.45. The average Bonchev–Trinajstić information content (AvgIpc) is 2.85. The summed E-state index contributed by atoms with van der Waals surface area (Å²) in [5.41, 5.74) is 0.654. The van der Waals surface area contributed by atoms with E-state index >= 15 is 0 Å². The lowest BCUT2D eigenvalue weighted by molar-refractivity contribution is 0.0696. The van der Waals surface area contributed by atoms with Crippen molar-refractivity contribution in [2.75, 3.05) is 0 Å². The van der Waals surface area contributed by atoms with Crippen LogP contribution < -0.4 is 0 Å². The van der Waals surface area contributed by atoms with Gasteiger partial charge < -0.3 is 9.63 Å². The SMILES string of the molecule is CCc1nc(Cn2cc(C(=O)O)c(C)n2)no1. The van der Waals surface area contributed by atoms with Gasteiger partial charge in [-0.25, -0.2) is 4.79 Å². The van der Waals surface area contributed by atoms with Crippen molar-refractivity contribution in [2.24, 2.45) is 0 Å². The van der Waals surface area contributed by atoms with Crippen LogP contribution in [0.1, 0.15) is 34.7 Å². The van der Waals surface area contributed by atoms with Gasteiger partial charge in [0.05, 0.1) is 5.69 Å².